The van der Waals surface area contributed by atoms with Gasteiger partial charge in [0.1, 0.15) is 0 Å². The molecule has 0 unspecified atom stereocenters. The lowest BCUT2D eigenvalue weighted by Gasteiger charge is -2.27. The van der Waals surface area contributed by atoms with Gasteiger partial charge < -0.3 is 0 Å². The predicted molar refractivity (Wildman–Crippen MR) is 53.6 cm³/mol. The number of hydrogen-bond donors (Lipinski definition) is 0. The summed E-state index contributed by atoms with van der Waals surface area (Å²) in [5.74, 6) is 0.812. The Morgan fingerprint density at radius 1 is 1.20 bits per heavy atom. The average Bonchev–Trinajstić information content (AvgIpc) is 1.92. The van der Waals surface area contributed by atoms with Gasteiger partial charge in [0.15, 0.2) is 0 Å². The van der Waals surface area contributed by atoms with Crippen LogP contribution in [0.1, 0.15) is 41.0 Å². The second-order valence-electron chi connectivity index (χ2n) is 3.50. The molecule has 0 atom stereocenters. The molecule has 0 aromatic heterocycles. The first kappa shape index (κ1) is 13.1. The Hall–Kier alpha value is 0.440. The first-order valence-corrected chi connectivity index (χ1v) is 5.00. The topological polar surface area (TPSA) is 0 Å². The molecule has 0 saturated carbocycles. The van der Waals surface area contributed by atoms with Gasteiger partial charge in [-0.3, -0.25) is 0 Å². The summed E-state index contributed by atoms with van der Waals surface area (Å²) < 4.78 is 0. The van der Waals surface area contributed by atoms with Crippen LogP contribution in [0.15, 0.2) is 0 Å². The predicted octanol–water partition coefficient (Wildman–Crippen LogP) is 3.07. The molecular weight excluding hydrogens is 160 g/mol. The maximum Gasteiger partial charge on any atom is 0 e. The van der Waals surface area contributed by atoms with E-state index in [2.05, 4.69) is 57.0 Å². The molecule has 0 aliphatic carbocycles. The van der Waals surface area contributed by atoms with E-state index < -0.39 is 0 Å². The summed E-state index contributed by atoms with van der Waals surface area (Å²) in [4.78, 5) is 0. The van der Waals surface area contributed by atoms with Gasteiger partial charge in [-0.15, -0.1) is 0 Å². The summed E-state index contributed by atoms with van der Waals surface area (Å²) in [6, 6.07) is 0. The molecule has 62 valence electrons. The maximum absolute atomic E-state index is 3.67. The third-order valence-electron chi connectivity index (χ3n) is 2.47. The molecule has 0 rings (SSSR count). The molecule has 0 bridgehead atoms. The molecule has 2 heteroatoms. The largest absolute Gasteiger partial charge is 0.0649 e. The highest BCUT2D eigenvalue weighted by Gasteiger charge is 2.18. The van der Waals surface area contributed by atoms with Gasteiger partial charge in [-0.1, -0.05) is 41.0 Å². The fourth-order valence-electron chi connectivity index (χ4n) is 0.408. The van der Waals surface area contributed by atoms with Crippen molar-refractivity contribution in [1.29, 1.82) is 0 Å². The Balaban J connectivity index is 0. The van der Waals surface area contributed by atoms with Crippen LogP contribution in [0.3, 0.4) is 0 Å². The normalized spacial score (nSPS) is 10.6. The van der Waals surface area contributed by atoms with Gasteiger partial charge in [-0.05, 0) is 11.3 Å². The molecule has 0 amide bonds. The standard InChI is InChI=1S/C8H18.S2/c1-6-8(4,5)7(2)3;1-2/h7H,6H2,1-5H3;. The smallest absolute Gasteiger partial charge is 0 e. The van der Waals surface area contributed by atoms with Gasteiger partial charge in [0.05, 0.1) is 0 Å². The third-order valence-corrected chi connectivity index (χ3v) is 2.47. The van der Waals surface area contributed by atoms with Crippen molar-refractivity contribution in [3.63, 3.8) is 0 Å². The second-order valence-corrected chi connectivity index (χ2v) is 3.50. The summed E-state index contributed by atoms with van der Waals surface area (Å²) in [6.45, 7) is 11.4. The van der Waals surface area contributed by atoms with Gasteiger partial charge in [-0.2, -0.15) is 0 Å². The Bertz CT molecular complexity index is 77.3. The zero-order valence-corrected chi connectivity index (χ0v) is 9.23. The molecule has 0 aromatic rings. The summed E-state index contributed by atoms with van der Waals surface area (Å²) in [7, 11) is 0. The fourth-order valence-corrected chi connectivity index (χ4v) is 0.408. The van der Waals surface area contributed by atoms with Gasteiger partial charge in [0.25, 0.3) is 0 Å². The first-order valence-electron chi connectivity index (χ1n) is 3.67. The first-order chi connectivity index (χ1) is 4.50. The van der Waals surface area contributed by atoms with Crippen molar-refractivity contribution in [1.82, 2.24) is 0 Å². The SMILES string of the molecule is CCC(C)(C)C(C)C.S=S. The minimum absolute atomic E-state index is 0.542. The molecule has 0 heterocycles. The molecule has 0 aliphatic rings. The lowest BCUT2D eigenvalue weighted by Crippen LogP contribution is -2.17. The summed E-state index contributed by atoms with van der Waals surface area (Å²) in [5.41, 5.74) is 0.542. The van der Waals surface area contributed by atoms with Gasteiger partial charge in [0, 0.05) is 22.4 Å². The Morgan fingerprint density at radius 3 is 1.50 bits per heavy atom. The van der Waals surface area contributed by atoms with E-state index in [-0.39, 0.29) is 0 Å². The highest BCUT2D eigenvalue weighted by atomic mass is 32.8. The van der Waals surface area contributed by atoms with Crippen LogP contribution >= 0.6 is 0 Å². The molecule has 0 N–H and O–H groups in total. The van der Waals surface area contributed by atoms with Crippen molar-refractivity contribution in [2.45, 2.75) is 41.0 Å². The van der Waals surface area contributed by atoms with E-state index in [4.69, 9.17) is 0 Å². The zero-order valence-electron chi connectivity index (χ0n) is 7.60. The molecule has 0 radical (unpaired) electrons. The van der Waals surface area contributed by atoms with Crippen LogP contribution in [0.2, 0.25) is 0 Å². The van der Waals surface area contributed by atoms with Gasteiger partial charge in [0.2, 0.25) is 0 Å². The summed E-state index contributed by atoms with van der Waals surface area (Å²) in [6.07, 6.45) is 1.28. The minimum atomic E-state index is 0.542. The van der Waals surface area contributed by atoms with Crippen molar-refractivity contribution in [3.8, 4) is 0 Å². The van der Waals surface area contributed by atoms with Gasteiger partial charge >= 0.3 is 0 Å². The molecule has 0 fully saturated rings. The van der Waals surface area contributed by atoms with E-state index in [9.17, 15) is 0 Å². The Morgan fingerprint density at radius 2 is 1.50 bits per heavy atom. The van der Waals surface area contributed by atoms with Gasteiger partial charge in [-0.25, -0.2) is 0 Å². The van der Waals surface area contributed by atoms with Crippen molar-refractivity contribution >= 4 is 22.4 Å². The van der Waals surface area contributed by atoms with Crippen LogP contribution in [0.25, 0.3) is 0 Å². The van der Waals surface area contributed by atoms with E-state index in [0.29, 0.717) is 5.41 Å². The lowest BCUT2D eigenvalue weighted by molar-refractivity contribution is 0.240. The molecule has 0 saturated heterocycles. The van der Waals surface area contributed by atoms with Crippen molar-refractivity contribution < 1.29 is 0 Å². The van der Waals surface area contributed by atoms with Crippen LogP contribution in [0.5, 0.6) is 0 Å². The van der Waals surface area contributed by atoms with Crippen molar-refractivity contribution in [2.75, 3.05) is 0 Å². The van der Waals surface area contributed by atoms with Crippen LogP contribution < -0.4 is 0 Å². The Kier molecular flexibility index (Phi) is 8.06. The highest BCUT2D eigenvalue weighted by molar-refractivity contribution is 8.07. The van der Waals surface area contributed by atoms with Crippen LogP contribution in [-0.4, -0.2) is 0 Å². The Labute approximate surface area is 75.1 Å². The molecular formula is C8H18S2. The quantitative estimate of drug-likeness (QED) is 0.637. The zero-order chi connectivity index (χ0) is 8.78. The second kappa shape index (κ2) is 6.17. The number of hydrogen-bond acceptors (Lipinski definition) is 2. The van der Waals surface area contributed by atoms with E-state index in [1.165, 1.54) is 6.42 Å². The average molecular weight is 178 g/mol. The monoisotopic (exact) mass is 178 g/mol. The summed E-state index contributed by atoms with van der Waals surface area (Å²) in [5, 5.41) is 0. The summed E-state index contributed by atoms with van der Waals surface area (Å²) >= 11 is 7.33. The molecule has 0 aliphatic heterocycles. The maximum atomic E-state index is 3.67. The third kappa shape index (κ3) is 5.24. The van der Waals surface area contributed by atoms with E-state index >= 15 is 0 Å². The highest BCUT2D eigenvalue weighted by Crippen LogP contribution is 2.28. The van der Waals surface area contributed by atoms with E-state index in [1.807, 2.05) is 0 Å². The van der Waals surface area contributed by atoms with E-state index in [0.717, 1.165) is 5.92 Å². The molecule has 0 spiro atoms. The molecule has 0 nitrogen and oxygen atoms in total. The van der Waals surface area contributed by atoms with E-state index in [1.54, 1.807) is 0 Å². The van der Waals surface area contributed by atoms with Crippen LogP contribution in [0, 0.1) is 11.3 Å². The number of rotatable bonds is 2. The van der Waals surface area contributed by atoms with Crippen LogP contribution in [0.4, 0.5) is 0 Å². The molecule has 0 aromatic carbocycles. The van der Waals surface area contributed by atoms with Crippen molar-refractivity contribution in [3.05, 3.63) is 0 Å². The lowest BCUT2D eigenvalue weighted by atomic mass is 9.79. The minimum Gasteiger partial charge on any atom is -0.0649 e. The molecule has 10 heavy (non-hydrogen) atoms. The fraction of sp³-hybridized carbons (Fsp3) is 1.00. The van der Waals surface area contributed by atoms with Crippen molar-refractivity contribution in [2.24, 2.45) is 11.3 Å². The van der Waals surface area contributed by atoms with Crippen LogP contribution in [-0.2, 0) is 22.4 Å².